The van der Waals surface area contributed by atoms with Crippen LogP contribution in [0.4, 0.5) is 0 Å². The molecule has 0 aliphatic heterocycles. The first-order valence-corrected chi connectivity index (χ1v) is 8.30. The Morgan fingerprint density at radius 1 is 1.19 bits per heavy atom. The number of aromatic nitrogens is 3. The Morgan fingerprint density at radius 3 is 2.78 bits per heavy atom. The van der Waals surface area contributed by atoms with Gasteiger partial charge in [0.25, 0.3) is 5.56 Å². The third-order valence-corrected chi connectivity index (χ3v) is 4.19. The van der Waals surface area contributed by atoms with Gasteiger partial charge in [-0.05, 0) is 31.2 Å². The van der Waals surface area contributed by atoms with Crippen molar-refractivity contribution in [2.75, 3.05) is 0 Å². The topological polar surface area (TPSA) is 107 Å². The summed E-state index contributed by atoms with van der Waals surface area (Å²) in [6.07, 6.45) is -0.788. The fraction of sp³-hybridized carbons (Fsp3) is 0.158. The third-order valence-electron chi connectivity index (χ3n) is 4.19. The number of esters is 1. The Bertz CT molecular complexity index is 1270. The van der Waals surface area contributed by atoms with E-state index in [1.165, 1.54) is 4.57 Å². The summed E-state index contributed by atoms with van der Waals surface area (Å²) in [4.78, 5) is 43.3. The lowest BCUT2D eigenvalue weighted by atomic mass is 10.2. The molecule has 27 heavy (non-hydrogen) atoms. The van der Waals surface area contributed by atoms with E-state index in [9.17, 15) is 14.4 Å². The van der Waals surface area contributed by atoms with Gasteiger partial charge in [0.05, 0.1) is 16.4 Å². The van der Waals surface area contributed by atoms with Crippen LogP contribution in [-0.2, 0) is 16.1 Å². The lowest BCUT2D eigenvalue weighted by Crippen LogP contribution is -2.23. The van der Waals surface area contributed by atoms with E-state index in [0.29, 0.717) is 22.0 Å². The first kappa shape index (κ1) is 16.8. The van der Waals surface area contributed by atoms with Gasteiger partial charge >= 0.3 is 11.7 Å². The van der Waals surface area contributed by atoms with E-state index in [1.54, 1.807) is 55.5 Å². The van der Waals surface area contributed by atoms with Crippen LogP contribution in [0.5, 0.6) is 0 Å². The van der Waals surface area contributed by atoms with Crippen LogP contribution >= 0.6 is 0 Å². The maximum atomic E-state index is 12.3. The molecule has 4 rings (SSSR count). The van der Waals surface area contributed by atoms with Gasteiger partial charge in [0.15, 0.2) is 17.5 Å². The normalized spacial score (nSPS) is 12.3. The molecule has 8 nitrogen and oxygen atoms in total. The molecule has 0 bridgehead atoms. The van der Waals surface area contributed by atoms with E-state index < -0.39 is 17.8 Å². The van der Waals surface area contributed by atoms with Crippen molar-refractivity contribution >= 4 is 28.0 Å². The summed E-state index contributed by atoms with van der Waals surface area (Å²) in [5.74, 6) is -1.05. The van der Waals surface area contributed by atoms with E-state index >= 15 is 0 Å². The van der Waals surface area contributed by atoms with Crippen LogP contribution in [0, 0.1) is 0 Å². The molecule has 0 amide bonds. The van der Waals surface area contributed by atoms with Crippen molar-refractivity contribution in [3.8, 4) is 0 Å². The summed E-state index contributed by atoms with van der Waals surface area (Å²) in [6, 6.07) is 13.7. The highest BCUT2D eigenvalue weighted by molar-refractivity contribution is 5.78. The highest BCUT2D eigenvalue weighted by Gasteiger charge is 2.18. The molecule has 8 heteroatoms. The highest BCUT2D eigenvalue weighted by Crippen LogP contribution is 2.16. The Kier molecular flexibility index (Phi) is 4.08. The van der Waals surface area contributed by atoms with Crippen molar-refractivity contribution in [2.45, 2.75) is 19.6 Å². The van der Waals surface area contributed by atoms with Gasteiger partial charge in [0, 0.05) is 0 Å². The van der Waals surface area contributed by atoms with Crippen LogP contribution < -0.4 is 11.3 Å². The van der Waals surface area contributed by atoms with Crippen LogP contribution in [0.25, 0.3) is 22.0 Å². The molecule has 136 valence electrons. The molecule has 2 heterocycles. The van der Waals surface area contributed by atoms with Gasteiger partial charge in [-0.1, -0.05) is 24.3 Å². The number of H-pyrrole nitrogens is 1. The number of para-hydroxylation sites is 3. The zero-order valence-corrected chi connectivity index (χ0v) is 14.3. The minimum atomic E-state index is -0.788. The molecule has 0 saturated heterocycles. The minimum absolute atomic E-state index is 0.233. The zero-order chi connectivity index (χ0) is 19.0. The van der Waals surface area contributed by atoms with Crippen LogP contribution in [0.1, 0.15) is 18.9 Å². The molecular formula is C19H15N3O5. The van der Waals surface area contributed by atoms with Crippen molar-refractivity contribution in [3.63, 3.8) is 0 Å². The number of nitrogens with zero attached hydrogens (tertiary/aromatic N) is 2. The number of fused-ring (bicyclic) bond motifs is 2. The maximum Gasteiger partial charge on any atom is 0.420 e. The van der Waals surface area contributed by atoms with Crippen LogP contribution in [0.15, 0.2) is 62.5 Å². The monoisotopic (exact) mass is 365 g/mol. The Hall–Kier alpha value is -3.68. The molecule has 1 atom stereocenters. The Labute approximate surface area is 152 Å². The Balaban J connectivity index is 1.57. The maximum absolute atomic E-state index is 12.3. The number of hydrogen-bond donors (Lipinski definition) is 1. The summed E-state index contributed by atoms with van der Waals surface area (Å²) in [6.45, 7) is 1.29. The van der Waals surface area contributed by atoms with Gasteiger partial charge in [-0.25, -0.2) is 9.78 Å². The molecule has 0 fully saturated rings. The first-order valence-electron chi connectivity index (χ1n) is 8.30. The molecule has 0 aliphatic carbocycles. The fourth-order valence-electron chi connectivity index (χ4n) is 2.88. The number of hydrogen-bond acceptors (Lipinski definition) is 6. The van der Waals surface area contributed by atoms with E-state index in [-0.39, 0.29) is 17.9 Å². The smallest absolute Gasteiger partial charge is 0.420 e. The van der Waals surface area contributed by atoms with Gasteiger partial charge in [0.1, 0.15) is 6.54 Å². The molecule has 0 unspecified atom stereocenters. The van der Waals surface area contributed by atoms with Crippen molar-refractivity contribution in [1.29, 1.82) is 0 Å². The molecule has 0 radical (unpaired) electrons. The second-order valence-electron chi connectivity index (χ2n) is 6.02. The predicted octanol–water partition coefficient (Wildman–Crippen LogP) is 2.14. The number of ether oxygens (including phenoxy) is 1. The number of benzene rings is 2. The van der Waals surface area contributed by atoms with E-state index in [2.05, 4.69) is 9.97 Å². The SMILES string of the molecule is C[C@H](OC(=O)Cn1c(=O)oc2ccccc21)c1nc2ccccc2c(=O)[nH]1. The number of carbonyl (C=O) groups is 1. The third kappa shape index (κ3) is 3.12. The molecule has 0 spiro atoms. The number of nitrogens with one attached hydrogen (secondary N) is 1. The van der Waals surface area contributed by atoms with Crippen LogP contribution in [0.3, 0.4) is 0 Å². The standard InChI is InChI=1S/C19H15N3O5/c1-11(17-20-13-7-3-2-6-12(13)18(24)21-17)26-16(23)10-22-14-8-4-5-9-15(14)27-19(22)25/h2-9,11H,10H2,1H3,(H,20,21,24)/t11-/m0/s1. The first-order chi connectivity index (χ1) is 13.0. The summed E-state index contributed by atoms with van der Waals surface area (Å²) >= 11 is 0. The lowest BCUT2D eigenvalue weighted by Gasteiger charge is -2.13. The number of carbonyl (C=O) groups excluding carboxylic acids is 1. The quantitative estimate of drug-likeness (QED) is 0.555. The second-order valence-corrected chi connectivity index (χ2v) is 6.02. The fourth-order valence-corrected chi connectivity index (χ4v) is 2.88. The summed E-state index contributed by atoms with van der Waals surface area (Å²) in [7, 11) is 0. The largest absolute Gasteiger partial charge is 0.453 e. The highest BCUT2D eigenvalue weighted by atomic mass is 16.5. The van der Waals surface area contributed by atoms with Crippen molar-refractivity contribution in [2.24, 2.45) is 0 Å². The van der Waals surface area contributed by atoms with Gasteiger partial charge in [-0.15, -0.1) is 0 Å². The average Bonchev–Trinajstić information content (AvgIpc) is 2.97. The van der Waals surface area contributed by atoms with E-state index in [1.807, 2.05) is 0 Å². The second kappa shape index (κ2) is 6.56. The van der Waals surface area contributed by atoms with Crippen molar-refractivity contribution in [3.05, 3.63) is 75.3 Å². The lowest BCUT2D eigenvalue weighted by molar-refractivity contribution is -0.149. The molecule has 0 aliphatic rings. The molecule has 4 aromatic rings. The van der Waals surface area contributed by atoms with Gasteiger partial charge < -0.3 is 14.1 Å². The van der Waals surface area contributed by atoms with Crippen LogP contribution in [-0.4, -0.2) is 20.5 Å². The summed E-state index contributed by atoms with van der Waals surface area (Å²) in [5.41, 5.74) is 1.10. The molecule has 2 aromatic heterocycles. The average molecular weight is 365 g/mol. The van der Waals surface area contributed by atoms with Gasteiger partial charge in [-0.3, -0.25) is 14.2 Å². The zero-order valence-electron chi connectivity index (χ0n) is 14.3. The summed E-state index contributed by atoms with van der Waals surface area (Å²) < 4.78 is 11.6. The van der Waals surface area contributed by atoms with Gasteiger partial charge in [0.2, 0.25) is 0 Å². The van der Waals surface area contributed by atoms with E-state index in [4.69, 9.17) is 9.15 Å². The molecular weight excluding hydrogens is 350 g/mol. The minimum Gasteiger partial charge on any atom is -0.453 e. The van der Waals surface area contributed by atoms with Crippen LogP contribution in [0.2, 0.25) is 0 Å². The number of oxazole rings is 1. The molecule has 2 aromatic carbocycles. The van der Waals surface area contributed by atoms with Crippen molar-refractivity contribution < 1.29 is 13.9 Å². The predicted molar refractivity (Wildman–Crippen MR) is 97.3 cm³/mol. The number of aromatic amines is 1. The molecule has 1 N–H and O–H groups in total. The molecule has 0 saturated carbocycles. The van der Waals surface area contributed by atoms with Crippen molar-refractivity contribution in [1.82, 2.24) is 14.5 Å². The number of rotatable bonds is 4. The Morgan fingerprint density at radius 2 is 1.93 bits per heavy atom. The summed E-state index contributed by atoms with van der Waals surface area (Å²) in [5, 5.41) is 0.455. The van der Waals surface area contributed by atoms with Gasteiger partial charge in [-0.2, -0.15) is 0 Å². The van der Waals surface area contributed by atoms with E-state index in [0.717, 1.165) is 0 Å².